The SMILES string of the molecule is COc1ccc(-c2cc(=O)c3c(O)c(O)c(O[C@@H]4O[C@H](COC(C)=O)[C@H](O)[C@H](O)[C@@H]4O[C@@H]4O[C@H](C)[C@H](O)[C@@H](O)[C@@H]4O)cc3o2)cc1O. The van der Waals surface area contributed by atoms with Crippen LogP contribution in [0.2, 0.25) is 0 Å². The number of carbonyl (C=O) groups excluding carboxylic acids is 1. The van der Waals surface area contributed by atoms with Crippen molar-refractivity contribution in [2.75, 3.05) is 13.7 Å². The quantitative estimate of drug-likeness (QED) is 0.108. The van der Waals surface area contributed by atoms with Crippen molar-refractivity contribution in [3.63, 3.8) is 0 Å². The Balaban J connectivity index is 1.53. The van der Waals surface area contributed by atoms with E-state index in [-0.39, 0.29) is 28.4 Å². The average molecular weight is 667 g/mol. The van der Waals surface area contributed by atoms with Gasteiger partial charge in [-0.25, -0.2) is 0 Å². The third-order valence-corrected chi connectivity index (χ3v) is 7.83. The summed E-state index contributed by atoms with van der Waals surface area (Å²) < 4.78 is 38.4. The molecular formula is C30H34O17. The van der Waals surface area contributed by atoms with Gasteiger partial charge in [0, 0.05) is 24.6 Å². The highest BCUT2D eigenvalue weighted by Gasteiger charge is 2.51. The molecule has 3 heterocycles. The van der Waals surface area contributed by atoms with E-state index in [0.29, 0.717) is 0 Å². The standard InChI is InChI=1S/C30H34O17/c1-10-21(34)25(38)27(40)29(43-10)47-28-26(39)23(36)19(9-42-11(2)31)46-30(28)45-18-8-17-20(24(37)22(18)35)14(33)7-16(44-17)12-4-5-15(41-3)13(32)6-12/h4-8,10,19,21,23,25-30,32,34-40H,9H2,1-3H3/t10-,19-,21+,23+,25-,26+,27+,28+,29+,30-/m1/s1. The van der Waals surface area contributed by atoms with E-state index in [0.717, 1.165) is 19.1 Å². The number of phenolic OH excluding ortho intramolecular Hbond substituents is 3. The van der Waals surface area contributed by atoms with Crippen molar-refractivity contribution in [2.45, 2.75) is 75.3 Å². The number of hydrogen-bond acceptors (Lipinski definition) is 17. The Bertz CT molecular complexity index is 1670. The molecule has 0 saturated carbocycles. The lowest BCUT2D eigenvalue weighted by molar-refractivity contribution is -0.354. The molecule has 0 amide bonds. The zero-order chi connectivity index (χ0) is 34.3. The Morgan fingerprint density at radius 2 is 1.57 bits per heavy atom. The second-order valence-corrected chi connectivity index (χ2v) is 11.0. The fraction of sp³-hybridized carbons (Fsp3) is 0.467. The first kappa shape index (κ1) is 34.1. The fourth-order valence-corrected chi connectivity index (χ4v) is 5.23. The minimum absolute atomic E-state index is 0.0510. The lowest BCUT2D eigenvalue weighted by Gasteiger charge is -2.45. The van der Waals surface area contributed by atoms with E-state index in [9.17, 15) is 50.4 Å². The van der Waals surface area contributed by atoms with E-state index < -0.39 is 102 Å². The van der Waals surface area contributed by atoms with Gasteiger partial charge in [-0.05, 0) is 25.1 Å². The Hall–Kier alpha value is -4.20. The van der Waals surface area contributed by atoms with Crippen LogP contribution in [-0.2, 0) is 23.7 Å². The highest BCUT2D eigenvalue weighted by molar-refractivity contribution is 5.89. The van der Waals surface area contributed by atoms with Gasteiger partial charge in [-0.15, -0.1) is 0 Å². The van der Waals surface area contributed by atoms with Gasteiger partial charge in [-0.1, -0.05) is 0 Å². The third-order valence-electron chi connectivity index (χ3n) is 7.83. The van der Waals surface area contributed by atoms with Crippen LogP contribution in [0.25, 0.3) is 22.3 Å². The van der Waals surface area contributed by atoms with E-state index in [2.05, 4.69) is 0 Å². The summed E-state index contributed by atoms with van der Waals surface area (Å²) in [5, 5.41) is 84.0. The molecule has 5 rings (SSSR count). The lowest BCUT2D eigenvalue weighted by Crippen LogP contribution is -2.64. The zero-order valence-electron chi connectivity index (χ0n) is 25.1. The van der Waals surface area contributed by atoms with Crippen LogP contribution in [0.1, 0.15) is 13.8 Å². The van der Waals surface area contributed by atoms with Crippen molar-refractivity contribution < 1.29 is 78.5 Å². The normalized spacial score (nSPS) is 31.0. The number of phenols is 3. The van der Waals surface area contributed by atoms with Gasteiger partial charge < -0.3 is 73.7 Å². The molecule has 256 valence electrons. The van der Waals surface area contributed by atoms with E-state index in [1.54, 1.807) is 0 Å². The van der Waals surface area contributed by atoms with Crippen molar-refractivity contribution >= 4 is 16.9 Å². The van der Waals surface area contributed by atoms with Crippen LogP contribution in [0, 0.1) is 0 Å². The monoisotopic (exact) mass is 666 g/mol. The molecular weight excluding hydrogens is 632 g/mol. The van der Waals surface area contributed by atoms with Crippen LogP contribution in [0.15, 0.2) is 39.5 Å². The molecule has 2 aliphatic rings. The van der Waals surface area contributed by atoms with E-state index in [1.807, 2.05) is 0 Å². The second kappa shape index (κ2) is 13.5. The van der Waals surface area contributed by atoms with Crippen molar-refractivity contribution in [2.24, 2.45) is 0 Å². The van der Waals surface area contributed by atoms with Crippen molar-refractivity contribution in [3.8, 4) is 40.1 Å². The Labute approximate surface area is 265 Å². The van der Waals surface area contributed by atoms with Crippen molar-refractivity contribution in [1.29, 1.82) is 0 Å². The molecule has 0 spiro atoms. The maximum Gasteiger partial charge on any atom is 0.302 e. The smallest absolute Gasteiger partial charge is 0.302 e. The fourth-order valence-electron chi connectivity index (χ4n) is 5.23. The van der Waals surface area contributed by atoms with Gasteiger partial charge in [0.2, 0.25) is 12.0 Å². The third kappa shape index (κ3) is 6.65. The van der Waals surface area contributed by atoms with Gasteiger partial charge in [0.05, 0.1) is 13.2 Å². The molecule has 2 fully saturated rings. The van der Waals surface area contributed by atoms with Crippen LogP contribution in [-0.4, -0.2) is 122 Å². The molecule has 2 aromatic carbocycles. The predicted molar refractivity (Wildman–Crippen MR) is 155 cm³/mol. The van der Waals surface area contributed by atoms with Gasteiger partial charge in [-0.3, -0.25) is 9.59 Å². The Morgan fingerprint density at radius 3 is 2.23 bits per heavy atom. The van der Waals surface area contributed by atoms with Crippen LogP contribution >= 0.6 is 0 Å². The molecule has 0 unspecified atom stereocenters. The first-order valence-electron chi connectivity index (χ1n) is 14.3. The molecule has 2 aliphatic heterocycles. The summed E-state index contributed by atoms with van der Waals surface area (Å²) >= 11 is 0. The second-order valence-electron chi connectivity index (χ2n) is 11.0. The van der Waals surface area contributed by atoms with Crippen LogP contribution in [0.4, 0.5) is 0 Å². The number of aliphatic hydroxyl groups is 5. The number of aromatic hydroxyl groups is 3. The topological polar surface area (TPSA) is 264 Å². The number of carbonyl (C=O) groups is 1. The summed E-state index contributed by atoms with van der Waals surface area (Å²) in [6.07, 6.45) is -16.5. The minimum Gasteiger partial charge on any atom is -0.504 e. The van der Waals surface area contributed by atoms with Crippen LogP contribution < -0.4 is 14.9 Å². The number of benzene rings is 2. The molecule has 47 heavy (non-hydrogen) atoms. The van der Waals surface area contributed by atoms with E-state index >= 15 is 0 Å². The predicted octanol–water partition coefficient (Wildman–Crippen LogP) is -0.813. The maximum atomic E-state index is 13.0. The molecule has 2 saturated heterocycles. The number of ether oxygens (including phenoxy) is 6. The summed E-state index contributed by atoms with van der Waals surface area (Å²) in [5.74, 6) is -3.36. The first-order valence-corrected chi connectivity index (χ1v) is 14.3. The number of hydrogen-bond donors (Lipinski definition) is 8. The highest BCUT2D eigenvalue weighted by atomic mass is 16.8. The van der Waals surface area contributed by atoms with Gasteiger partial charge in [0.1, 0.15) is 60.0 Å². The number of esters is 1. The molecule has 3 aromatic rings. The van der Waals surface area contributed by atoms with Crippen molar-refractivity contribution in [1.82, 2.24) is 0 Å². The Morgan fingerprint density at radius 1 is 0.851 bits per heavy atom. The number of aliphatic hydroxyl groups excluding tert-OH is 5. The summed E-state index contributed by atoms with van der Waals surface area (Å²) in [6.45, 7) is 1.92. The Kier molecular flexibility index (Phi) is 9.81. The van der Waals surface area contributed by atoms with Crippen LogP contribution in [0.5, 0.6) is 28.7 Å². The minimum atomic E-state index is -1.90. The van der Waals surface area contributed by atoms with Gasteiger partial charge in [0.25, 0.3) is 0 Å². The van der Waals surface area contributed by atoms with Crippen LogP contribution in [0.3, 0.4) is 0 Å². The van der Waals surface area contributed by atoms with Gasteiger partial charge in [0.15, 0.2) is 40.8 Å². The zero-order valence-corrected chi connectivity index (χ0v) is 25.1. The molecule has 0 aliphatic carbocycles. The van der Waals surface area contributed by atoms with Gasteiger partial charge in [-0.2, -0.15) is 0 Å². The number of fused-ring (bicyclic) bond motifs is 1. The molecule has 10 atom stereocenters. The van der Waals surface area contributed by atoms with Gasteiger partial charge >= 0.3 is 5.97 Å². The summed E-state index contributed by atoms with van der Waals surface area (Å²) in [4.78, 5) is 24.4. The molecule has 8 N–H and O–H groups in total. The largest absolute Gasteiger partial charge is 0.504 e. The van der Waals surface area contributed by atoms with Crippen molar-refractivity contribution in [3.05, 3.63) is 40.6 Å². The van der Waals surface area contributed by atoms with E-state index in [1.165, 1.54) is 32.2 Å². The number of rotatable bonds is 8. The molecule has 1 aromatic heterocycles. The molecule has 17 nitrogen and oxygen atoms in total. The lowest BCUT2D eigenvalue weighted by atomic mass is 9.97. The number of methoxy groups -OCH3 is 1. The molecule has 17 heteroatoms. The summed E-state index contributed by atoms with van der Waals surface area (Å²) in [7, 11) is 1.35. The summed E-state index contributed by atoms with van der Waals surface area (Å²) in [6, 6.07) is 6.24. The maximum absolute atomic E-state index is 13.0. The van der Waals surface area contributed by atoms with E-state index in [4.69, 9.17) is 32.8 Å². The molecule has 0 bridgehead atoms. The first-order chi connectivity index (χ1) is 22.2. The molecule has 0 radical (unpaired) electrons. The average Bonchev–Trinajstić information content (AvgIpc) is 3.03. The summed E-state index contributed by atoms with van der Waals surface area (Å²) in [5.41, 5.74) is -0.820. The highest BCUT2D eigenvalue weighted by Crippen LogP contribution is 2.43.